The fourth-order valence-corrected chi connectivity index (χ4v) is 2.00. The van der Waals surface area contributed by atoms with Crippen molar-refractivity contribution in [2.24, 2.45) is 0 Å². The summed E-state index contributed by atoms with van der Waals surface area (Å²) in [4.78, 5) is 11.9. The molecule has 4 nitrogen and oxygen atoms in total. The van der Waals surface area contributed by atoms with Gasteiger partial charge in [0.15, 0.2) is 6.61 Å². The smallest absolute Gasteiger partial charge is 0.262 e. The molecule has 2 rings (SSSR count). The van der Waals surface area contributed by atoms with Crippen LogP contribution in [-0.4, -0.2) is 17.6 Å². The maximum atomic E-state index is 11.9. The molecule has 0 aliphatic rings. The fourth-order valence-electron chi connectivity index (χ4n) is 1.83. The van der Waals surface area contributed by atoms with Crippen LogP contribution in [0.2, 0.25) is 5.02 Å². The van der Waals surface area contributed by atoms with Crippen molar-refractivity contribution >= 4 is 23.2 Å². The lowest BCUT2D eigenvalue weighted by Gasteiger charge is -2.11. The van der Waals surface area contributed by atoms with Gasteiger partial charge in [-0.25, -0.2) is 0 Å². The molecule has 0 unspecified atom stereocenters. The minimum absolute atomic E-state index is 0.138. The predicted octanol–water partition coefficient (Wildman–Crippen LogP) is 3.16. The lowest BCUT2D eigenvalue weighted by Crippen LogP contribution is -2.21. The van der Waals surface area contributed by atoms with Crippen molar-refractivity contribution in [3.05, 3.63) is 58.6 Å². The summed E-state index contributed by atoms with van der Waals surface area (Å²) in [5.74, 6) is 0.163. The molecule has 1 amide bonds. The number of ether oxygens (including phenoxy) is 1. The largest absolute Gasteiger partial charge is 0.482 e. The van der Waals surface area contributed by atoms with Gasteiger partial charge in [0.05, 0.1) is 11.6 Å². The maximum Gasteiger partial charge on any atom is 0.262 e. The number of amides is 1. The number of para-hydroxylation sites is 1. The molecule has 2 aromatic carbocycles. The first-order valence-electron chi connectivity index (χ1n) is 6.47. The minimum atomic E-state index is -0.312. The van der Waals surface area contributed by atoms with Crippen LogP contribution < -0.4 is 10.1 Å². The van der Waals surface area contributed by atoms with E-state index in [0.29, 0.717) is 22.0 Å². The number of carbonyl (C=O) groups excluding carboxylic acids is 1. The van der Waals surface area contributed by atoms with E-state index in [1.165, 1.54) is 0 Å². The SMILES string of the molecule is Cc1ccc(Cl)c(OCC(=O)Nc2ccccc2CO)c1. The van der Waals surface area contributed by atoms with Gasteiger partial charge in [0.1, 0.15) is 5.75 Å². The molecule has 2 N–H and O–H groups in total. The van der Waals surface area contributed by atoms with E-state index in [9.17, 15) is 9.90 Å². The standard InChI is InChI=1S/C16H16ClNO3/c1-11-6-7-13(17)15(8-11)21-10-16(20)18-14-5-3-2-4-12(14)9-19/h2-8,19H,9-10H2,1H3,(H,18,20). The lowest BCUT2D eigenvalue weighted by molar-refractivity contribution is -0.118. The number of benzene rings is 2. The van der Waals surface area contributed by atoms with Crippen LogP contribution in [0.25, 0.3) is 0 Å². The summed E-state index contributed by atoms with van der Waals surface area (Å²) in [6, 6.07) is 12.4. The van der Waals surface area contributed by atoms with Crippen LogP contribution in [0, 0.1) is 6.92 Å². The summed E-state index contributed by atoms with van der Waals surface area (Å²) >= 11 is 6.00. The molecular formula is C16H16ClNO3. The average molecular weight is 306 g/mol. The topological polar surface area (TPSA) is 58.6 Å². The van der Waals surface area contributed by atoms with Crippen molar-refractivity contribution in [2.75, 3.05) is 11.9 Å². The van der Waals surface area contributed by atoms with Crippen molar-refractivity contribution in [3.63, 3.8) is 0 Å². The highest BCUT2D eigenvalue weighted by Crippen LogP contribution is 2.25. The third-order valence-electron chi connectivity index (χ3n) is 2.91. The molecule has 0 bridgehead atoms. The first-order valence-corrected chi connectivity index (χ1v) is 6.85. The van der Waals surface area contributed by atoms with E-state index in [4.69, 9.17) is 16.3 Å². The van der Waals surface area contributed by atoms with Crippen LogP contribution in [0.1, 0.15) is 11.1 Å². The second-order valence-electron chi connectivity index (χ2n) is 4.59. The average Bonchev–Trinajstić information content (AvgIpc) is 2.49. The van der Waals surface area contributed by atoms with E-state index >= 15 is 0 Å². The van der Waals surface area contributed by atoms with Crippen LogP contribution in [0.4, 0.5) is 5.69 Å². The highest BCUT2D eigenvalue weighted by molar-refractivity contribution is 6.32. The van der Waals surface area contributed by atoms with E-state index in [0.717, 1.165) is 5.56 Å². The van der Waals surface area contributed by atoms with Crippen molar-refractivity contribution in [2.45, 2.75) is 13.5 Å². The van der Waals surface area contributed by atoms with Gasteiger partial charge in [0.2, 0.25) is 0 Å². The third-order valence-corrected chi connectivity index (χ3v) is 3.22. The molecule has 2 aromatic rings. The number of rotatable bonds is 5. The summed E-state index contributed by atoms with van der Waals surface area (Å²) in [7, 11) is 0. The fraction of sp³-hybridized carbons (Fsp3) is 0.188. The molecule has 21 heavy (non-hydrogen) atoms. The van der Waals surface area contributed by atoms with Gasteiger partial charge in [-0.1, -0.05) is 35.9 Å². The summed E-state index contributed by atoms with van der Waals surface area (Å²) < 4.78 is 5.42. The van der Waals surface area contributed by atoms with E-state index in [1.807, 2.05) is 13.0 Å². The summed E-state index contributed by atoms with van der Waals surface area (Å²) in [5.41, 5.74) is 2.23. The molecule has 0 aliphatic heterocycles. The normalized spacial score (nSPS) is 10.2. The number of aliphatic hydroxyl groups is 1. The van der Waals surface area contributed by atoms with Crippen molar-refractivity contribution in [3.8, 4) is 5.75 Å². The van der Waals surface area contributed by atoms with Gasteiger partial charge in [0.25, 0.3) is 5.91 Å². The molecule has 0 saturated heterocycles. The zero-order valence-electron chi connectivity index (χ0n) is 11.6. The van der Waals surface area contributed by atoms with E-state index < -0.39 is 0 Å². The number of aliphatic hydroxyl groups excluding tert-OH is 1. The van der Waals surface area contributed by atoms with Crippen LogP contribution in [0.5, 0.6) is 5.75 Å². The number of nitrogens with one attached hydrogen (secondary N) is 1. The first-order chi connectivity index (χ1) is 10.1. The van der Waals surface area contributed by atoms with Gasteiger partial charge in [-0.15, -0.1) is 0 Å². The highest BCUT2D eigenvalue weighted by Gasteiger charge is 2.08. The van der Waals surface area contributed by atoms with Crippen LogP contribution in [0.3, 0.4) is 0 Å². The number of anilines is 1. The number of hydrogen-bond acceptors (Lipinski definition) is 3. The molecule has 5 heteroatoms. The van der Waals surface area contributed by atoms with Crippen LogP contribution in [-0.2, 0) is 11.4 Å². The molecule has 0 radical (unpaired) electrons. The third kappa shape index (κ3) is 4.21. The molecule has 0 aromatic heterocycles. The Morgan fingerprint density at radius 3 is 2.81 bits per heavy atom. The second kappa shape index (κ2) is 7.11. The van der Waals surface area contributed by atoms with Gasteiger partial charge >= 0.3 is 0 Å². The zero-order valence-corrected chi connectivity index (χ0v) is 12.4. The molecule has 0 fully saturated rings. The van der Waals surface area contributed by atoms with Gasteiger partial charge in [-0.3, -0.25) is 4.79 Å². The van der Waals surface area contributed by atoms with E-state index in [-0.39, 0.29) is 19.1 Å². The van der Waals surface area contributed by atoms with Crippen LogP contribution in [0.15, 0.2) is 42.5 Å². The summed E-state index contributed by atoms with van der Waals surface area (Å²) in [6.45, 7) is 1.63. The Morgan fingerprint density at radius 1 is 1.29 bits per heavy atom. The molecule has 0 heterocycles. The molecular weight excluding hydrogens is 290 g/mol. The van der Waals surface area contributed by atoms with Gasteiger partial charge in [-0.2, -0.15) is 0 Å². The number of halogens is 1. The number of hydrogen-bond donors (Lipinski definition) is 2. The van der Waals surface area contributed by atoms with Crippen molar-refractivity contribution in [1.82, 2.24) is 0 Å². The molecule has 0 aliphatic carbocycles. The Bertz CT molecular complexity index is 643. The van der Waals surface area contributed by atoms with Crippen LogP contribution >= 0.6 is 11.6 Å². The van der Waals surface area contributed by atoms with Gasteiger partial charge in [-0.05, 0) is 30.7 Å². The Kier molecular flexibility index (Phi) is 5.20. The predicted molar refractivity (Wildman–Crippen MR) is 82.7 cm³/mol. The second-order valence-corrected chi connectivity index (χ2v) is 4.99. The highest BCUT2D eigenvalue weighted by atomic mass is 35.5. The first kappa shape index (κ1) is 15.4. The van der Waals surface area contributed by atoms with Gasteiger partial charge < -0.3 is 15.2 Å². The Balaban J connectivity index is 1.97. The summed E-state index contributed by atoms with van der Waals surface area (Å²) in [6.07, 6.45) is 0. The van der Waals surface area contributed by atoms with Crippen molar-refractivity contribution in [1.29, 1.82) is 0 Å². The zero-order chi connectivity index (χ0) is 15.2. The molecule has 110 valence electrons. The molecule has 0 spiro atoms. The van der Waals surface area contributed by atoms with Gasteiger partial charge in [0, 0.05) is 11.3 Å². The Morgan fingerprint density at radius 2 is 2.05 bits per heavy atom. The maximum absolute atomic E-state index is 11.9. The lowest BCUT2D eigenvalue weighted by atomic mass is 10.2. The Hall–Kier alpha value is -2.04. The number of aryl methyl sites for hydroxylation is 1. The quantitative estimate of drug-likeness (QED) is 0.892. The Labute approximate surface area is 128 Å². The molecule has 0 saturated carbocycles. The van der Waals surface area contributed by atoms with E-state index in [1.54, 1.807) is 36.4 Å². The summed E-state index contributed by atoms with van der Waals surface area (Å²) in [5, 5.41) is 12.4. The molecule has 0 atom stereocenters. The monoisotopic (exact) mass is 305 g/mol. The van der Waals surface area contributed by atoms with E-state index in [2.05, 4.69) is 5.32 Å². The number of carbonyl (C=O) groups is 1. The minimum Gasteiger partial charge on any atom is -0.482 e. The van der Waals surface area contributed by atoms with Crippen molar-refractivity contribution < 1.29 is 14.6 Å².